The minimum atomic E-state index is -3.97. The van der Waals surface area contributed by atoms with E-state index in [1.165, 1.54) is 4.57 Å². The van der Waals surface area contributed by atoms with E-state index in [2.05, 4.69) is 25.7 Å². The fourth-order valence-electron chi connectivity index (χ4n) is 4.83. The Morgan fingerprint density at radius 2 is 1.59 bits per heavy atom. The number of aromatic nitrogens is 1. The number of nitrogens with one attached hydrogen (secondary N) is 2. The predicted octanol–water partition coefficient (Wildman–Crippen LogP) is 2.51. The zero-order chi connectivity index (χ0) is 36.7. The zero-order valence-corrected chi connectivity index (χ0v) is 32.2. The molecule has 4 N–H and O–H groups in total. The van der Waals surface area contributed by atoms with Crippen LogP contribution in [0, 0.1) is 13.8 Å². The van der Waals surface area contributed by atoms with Gasteiger partial charge in [0.2, 0.25) is 21.8 Å². The third kappa shape index (κ3) is 12.9. The van der Waals surface area contributed by atoms with Crippen LogP contribution in [0.4, 0.5) is 0 Å². The van der Waals surface area contributed by atoms with Gasteiger partial charge in [-0.25, -0.2) is 8.42 Å². The number of hydrogen-bond donors (Lipinski definition) is 3. The van der Waals surface area contributed by atoms with E-state index in [4.69, 9.17) is 42.6 Å². The van der Waals surface area contributed by atoms with Gasteiger partial charge in [-0.3, -0.25) is 28.5 Å². The number of benzene rings is 2. The molecule has 1 aromatic heterocycles. The molecule has 0 aliphatic carbocycles. The summed E-state index contributed by atoms with van der Waals surface area (Å²) >= 11 is 17.7. The minimum absolute atomic E-state index is 0.0412. The number of rotatable bonds is 18. The van der Waals surface area contributed by atoms with Gasteiger partial charge in [0.25, 0.3) is 5.91 Å². The molecule has 17 heteroatoms. The molecule has 0 aliphatic heterocycles. The van der Waals surface area contributed by atoms with Gasteiger partial charge in [-0.2, -0.15) is 24.6 Å². The normalized spacial score (nSPS) is 12.5. The first-order valence-electron chi connectivity index (χ1n) is 15.0. The number of hydrogen-bond acceptors (Lipinski definition) is 8. The molecular weight excluding hydrogens is 795 g/mol. The van der Waals surface area contributed by atoms with Crippen LogP contribution in [0.15, 0.2) is 42.5 Å². The van der Waals surface area contributed by atoms with Crippen molar-refractivity contribution in [1.82, 2.24) is 14.6 Å². The van der Waals surface area contributed by atoms with Crippen LogP contribution in [-0.4, -0.2) is 90.6 Å². The first-order valence-corrected chi connectivity index (χ1v) is 19.5. The number of halogens is 1. The van der Waals surface area contributed by atoms with Gasteiger partial charge in [0.05, 0.1) is 17.7 Å². The zero-order valence-electron chi connectivity index (χ0n) is 27.1. The number of primary amides is 1. The molecule has 2 aromatic carbocycles. The Morgan fingerprint density at radius 1 is 0.980 bits per heavy atom. The first kappa shape index (κ1) is 42.6. The Bertz CT molecular complexity index is 1720. The van der Waals surface area contributed by atoms with Crippen molar-refractivity contribution in [3.8, 4) is 0 Å². The summed E-state index contributed by atoms with van der Waals surface area (Å²) in [5.74, 6) is -2.26. The maximum absolute atomic E-state index is 13.5. The molecule has 0 aliphatic rings. The van der Waals surface area contributed by atoms with Gasteiger partial charge in [-0.1, -0.05) is 35.3 Å². The van der Waals surface area contributed by atoms with E-state index in [0.29, 0.717) is 39.2 Å². The number of nitrogens with zero attached hydrogens (tertiary/aromatic N) is 3. The van der Waals surface area contributed by atoms with E-state index in [0.717, 1.165) is 5.56 Å². The summed E-state index contributed by atoms with van der Waals surface area (Å²) < 4.78 is 29.1. The van der Waals surface area contributed by atoms with Crippen molar-refractivity contribution in [3.05, 3.63) is 80.5 Å². The number of carbonyl (C=O) groups is 4. The number of aryl methyl sites for hydroxylation is 1. The fourth-order valence-corrected chi connectivity index (χ4v) is 6.59. The summed E-state index contributed by atoms with van der Waals surface area (Å²) in [6, 6.07) is 10.4. The third-order valence-corrected chi connectivity index (χ3v) is 9.52. The van der Waals surface area contributed by atoms with Crippen molar-refractivity contribution in [2.45, 2.75) is 45.2 Å². The van der Waals surface area contributed by atoms with Crippen LogP contribution in [0.1, 0.15) is 40.0 Å². The Kier molecular flexibility index (Phi) is 18.2. The van der Waals surface area contributed by atoms with Gasteiger partial charge >= 0.3 is 23.5 Å². The van der Waals surface area contributed by atoms with Gasteiger partial charge in [-0.05, 0) is 68.7 Å². The quantitative estimate of drug-likeness (QED) is 0.129. The van der Waals surface area contributed by atoms with Crippen molar-refractivity contribution in [2.24, 2.45) is 5.73 Å². The molecule has 0 unspecified atom stereocenters. The fraction of sp³-hybridized carbons (Fsp3) is 0.406. The average molecular weight is 834 g/mol. The van der Waals surface area contributed by atoms with E-state index in [9.17, 15) is 27.6 Å². The molecule has 0 saturated carbocycles. The molecule has 0 spiro atoms. The van der Waals surface area contributed by atoms with Crippen LogP contribution < -0.4 is 15.8 Å². The first-order chi connectivity index (χ1) is 23.3. The molecule has 0 fully saturated rings. The number of amides is 3. The van der Waals surface area contributed by atoms with Gasteiger partial charge in [-0.15, -0.1) is 0 Å². The van der Waals surface area contributed by atoms with E-state index >= 15 is 0 Å². The second-order valence-electron chi connectivity index (χ2n) is 10.8. The van der Waals surface area contributed by atoms with Gasteiger partial charge < -0.3 is 46.9 Å². The molecule has 265 valence electrons. The molecule has 49 heavy (non-hydrogen) atoms. The van der Waals surface area contributed by atoms with Crippen LogP contribution in [-0.2, 0) is 74.5 Å². The van der Waals surface area contributed by atoms with Crippen molar-refractivity contribution >= 4 is 86.4 Å². The van der Waals surface area contributed by atoms with E-state index in [-0.39, 0.29) is 55.6 Å². The van der Waals surface area contributed by atoms with Crippen molar-refractivity contribution in [1.29, 1.82) is 0 Å². The number of sulfonamides is 1. The second kappa shape index (κ2) is 21.0. The Balaban J connectivity index is 0.00000409. The molecule has 3 rings (SSSR count). The number of nitrogens with two attached hydrogens (primary N) is 1. The van der Waals surface area contributed by atoms with E-state index in [1.54, 1.807) is 37.3 Å². The maximum atomic E-state index is 13.5. The van der Waals surface area contributed by atoms with Crippen molar-refractivity contribution < 1.29 is 46.0 Å². The van der Waals surface area contributed by atoms with E-state index < -0.39 is 39.8 Å². The molecule has 2 atom stereocenters. The average Bonchev–Trinajstić information content (AvgIpc) is 3.32. The summed E-state index contributed by atoms with van der Waals surface area (Å²) in [7, 11) is -3.97. The molecule has 0 bridgehead atoms. The number of unbranched alkanes of at least 4 members (excludes halogenated alkanes) is 1. The van der Waals surface area contributed by atoms with Crippen molar-refractivity contribution in [2.75, 3.05) is 36.9 Å². The second-order valence-corrected chi connectivity index (χ2v) is 13.8. The topological polar surface area (TPSA) is 186 Å². The van der Waals surface area contributed by atoms with Crippen LogP contribution in [0.3, 0.4) is 0 Å². The van der Waals surface area contributed by atoms with Crippen LogP contribution in [0.2, 0.25) is 5.02 Å². The molecule has 0 saturated heterocycles. The standard InChI is InChI=1S/C31H39ClN6O6S3.CH2.Tc/c1-19-5-10-27-24(15-19)23(20(2)38(27)31(42)21-6-8-22(32)9-7-21)16-28(39)37-47(43,44)14-4-3-11-36-30(41)26(18-46)35-13-12-34-25(17-45)29(33)40;;/h5-10,15,25-26,45-46H,3-4,11-14,16-18H2,1-2H3,(H2,33,40)(H,36,41)(H,37,39);1H2;/q-2;;+4/p-2/t25-,26-;;/m0../s1/i;;1+1. The van der Waals surface area contributed by atoms with Crippen molar-refractivity contribution in [3.63, 3.8) is 0 Å². The molecule has 3 aromatic rings. The van der Waals surface area contributed by atoms with Crippen LogP contribution in [0.5, 0.6) is 0 Å². The molecule has 12 nitrogen and oxygen atoms in total. The summed E-state index contributed by atoms with van der Waals surface area (Å²) in [6.07, 6.45) is 0.260. The van der Waals surface area contributed by atoms with Gasteiger partial charge in [0.15, 0.2) is 5.91 Å². The Morgan fingerprint density at radius 3 is 2.18 bits per heavy atom. The van der Waals surface area contributed by atoms with Gasteiger partial charge in [0, 0.05) is 28.2 Å². The molecule has 3 amide bonds. The third-order valence-electron chi connectivity index (χ3n) is 7.28. The van der Waals surface area contributed by atoms with Crippen LogP contribution >= 0.6 is 11.6 Å². The molecule has 1 heterocycles. The van der Waals surface area contributed by atoms with Crippen LogP contribution in [0.25, 0.3) is 21.5 Å². The summed E-state index contributed by atoms with van der Waals surface area (Å²) in [6.45, 7) is 4.14. The number of carbonyl (C=O) groups excluding carboxylic acids is 4. The molecule has 0 radical (unpaired) electrons. The SMILES string of the molecule is Cc1ccc2c(c1)c(CC(=O)NS(=O)(=O)CCCCNC(=O)[C@H](C[S-])[N-]CC[N-][C@@H](C[S-])C(N)=O)c(C)n2C(=O)c1ccc(Cl)cc1.[CH2]=[99Tc+4]. The predicted molar refractivity (Wildman–Crippen MR) is 195 cm³/mol. The summed E-state index contributed by atoms with van der Waals surface area (Å²) in [5, 5.41) is 15.3. The number of fused-ring (bicyclic) bond motifs is 1. The van der Waals surface area contributed by atoms with E-state index in [1.807, 2.05) is 37.5 Å². The summed E-state index contributed by atoms with van der Waals surface area (Å²) in [5.41, 5.74) is 8.20. The molecular formula is C32H39ClN6O6S3Tc. The monoisotopic (exact) mass is 833 g/mol. The Hall–Kier alpha value is -2.56. The Labute approximate surface area is 313 Å². The summed E-state index contributed by atoms with van der Waals surface area (Å²) in [4.78, 5) is 50.0. The van der Waals surface area contributed by atoms with Gasteiger partial charge in [0.1, 0.15) is 0 Å².